The first-order valence-electron chi connectivity index (χ1n) is 9.01. The maximum absolute atomic E-state index is 12.8. The van der Waals surface area contributed by atoms with Gasteiger partial charge in [0.25, 0.3) is 10.0 Å². The van der Waals surface area contributed by atoms with Gasteiger partial charge in [0.2, 0.25) is 5.91 Å². The zero-order valence-corrected chi connectivity index (χ0v) is 17.0. The van der Waals surface area contributed by atoms with Gasteiger partial charge in [0.1, 0.15) is 16.4 Å². The number of rotatable bonds is 6. The number of carbonyl (C=O) groups excluding carboxylic acids is 1. The normalized spacial score (nSPS) is 14.7. The third-order valence-electron chi connectivity index (χ3n) is 4.72. The number of ether oxygens (including phenoxy) is 2. The van der Waals surface area contributed by atoms with Crippen LogP contribution < -0.4 is 19.1 Å². The number of amides is 1. The van der Waals surface area contributed by atoms with Crippen molar-refractivity contribution < 1.29 is 22.7 Å². The zero-order chi connectivity index (χ0) is 20.3. The van der Waals surface area contributed by atoms with Crippen LogP contribution in [0.2, 0.25) is 0 Å². The van der Waals surface area contributed by atoms with E-state index in [1.807, 2.05) is 6.92 Å². The van der Waals surface area contributed by atoms with E-state index in [0.29, 0.717) is 24.4 Å². The van der Waals surface area contributed by atoms with E-state index in [-0.39, 0.29) is 16.6 Å². The van der Waals surface area contributed by atoms with Crippen LogP contribution in [0.1, 0.15) is 24.8 Å². The topological polar surface area (TPSA) is 84.9 Å². The summed E-state index contributed by atoms with van der Waals surface area (Å²) in [5.74, 6) is 0.798. The summed E-state index contributed by atoms with van der Waals surface area (Å²) in [6, 6.07) is 9.69. The van der Waals surface area contributed by atoms with Gasteiger partial charge in [0, 0.05) is 30.4 Å². The fourth-order valence-corrected chi connectivity index (χ4v) is 4.49. The summed E-state index contributed by atoms with van der Waals surface area (Å²) in [6.07, 6.45) is 2.43. The lowest BCUT2D eigenvalue weighted by atomic mass is 10.1. The standard InChI is InChI=1S/C20H24N2O5S/c1-14-12-15(7-9-17(14)22-11-5-4-6-20(22)23)21-28(24,25)19-10-8-16(26-2)13-18(19)27-3/h7-10,12-13,21H,4-6,11H2,1-3H3. The molecule has 1 heterocycles. The van der Waals surface area contributed by atoms with Gasteiger partial charge in [-0.3, -0.25) is 9.52 Å². The van der Waals surface area contributed by atoms with Gasteiger partial charge in [-0.2, -0.15) is 0 Å². The van der Waals surface area contributed by atoms with Gasteiger partial charge in [-0.1, -0.05) is 0 Å². The predicted molar refractivity (Wildman–Crippen MR) is 108 cm³/mol. The Morgan fingerprint density at radius 2 is 1.82 bits per heavy atom. The molecular formula is C20H24N2O5S. The Morgan fingerprint density at radius 3 is 2.46 bits per heavy atom. The highest BCUT2D eigenvalue weighted by Gasteiger charge is 2.23. The maximum Gasteiger partial charge on any atom is 0.265 e. The molecule has 0 aliphatic carbocycles. The molecule has 1 fully saturated rings. The van der Waals surface area contributed by atoms with Crippen LogP contribution in [-0.4, -0.2) is 35.1 Å². The summed E-state index contributed by atoms with van der Waals surface area (Å²) in [4.78, 5) is 13.9. The van der Waals surface area contributed by atoms with Gasteiger partial charge in [-0.15, -0.1) is 0 Å². The Labute approximate surface area is 165 Å². The summed E-state index contributed by atoms with van der Waals surface area (Å²) in [7, 11) is -0.954. The Morgan fingerprint density at radius 1 is 1.04 bits per heavy atom. The van der Waals surface area contributed by atoms with E-state index in [0.717, 1.165) is 24.1 Å². The molecule has 2 aromatic carbocycles. The molecule has 0 atom stereocenters. The zero-order valence-electron chi connectivity index (χ0n) is 16.2. The first-order valence-corrected chi connectivity index (χ1v) is 10.5. The Kier molecular flexibility index (Phi) is 5.79. The highest BCUT2D eigenvalue weighted by atomic mass is 32.2. The number of hydrogen-bond donors (Lipinski definition) is 1. The average Bonchev–Trinajstić information content (AvgIpc) is 2.68. The van der Waals surface area contributed by atoms with E-state index in [4.69, 9.17) is 9.47 Å². The second-order valence-corrected chi connectivity index (χ2v) is 8.28. The predicted octanol–water partition coefficient (Wildman–Crippen LogP) is 3.33. The van der Waals surface area contributed by atoms with E-state index in [2.05, 4.69) is 4.72 Å². The number of benzene rings is 2. The molecular weight excluding hydrogens is 380 g/mol. The van der Waals surface area contributed by atoms with Gasteiger partial charge in [-0.25, -0.2) is 8.42 Å². The molecule has 1 aliphatic rings. The van der Waals surface area contributed by atoms with Gasteiger partial charge in [0.15, 0.2) is 0 Å². The van der Waals surface area contributed by atoms with Crippen molar-refractivity contribution in [1.82, 2.24) is 0 Å². The Hall–Kier alpha value is -2.74. The van der Waals surface area contributed by atoms with E-state index in [9.17, 15) is 13.2 Å². The van der Waals surface area contributed by atoms with Crippen molar-refractivity contribution in [2.75, 3.05) is 30.4 Å². The number of carbonyl (C=O) groups is 1. The molecule has 1 saturated heterocycles. The van der Waals surface area contributed by atoms with Gasteiger partial charge < -0.3 is 14.4 Å². The molecule has 1 aliphatic heterocycles. The van der Waals surface area contributed by atoms with Gasteiger partial charge in [-0.05, 0) is 55.7 Å². The largest absolute Gasteiger partial charge is 0.497 e. The molecule has 150 valence electrons. The van der Waals surface area contributed by atoms with E-state index in [1.54, 1.807) is 29.2 Å². The molecule has 1 amide bonds. The van der Waals surface area contributed by atoms with Crippen molar-refractivity contribution in [2.24, 2.45) is 0 Å². The minimum absolute atomic E-state index is 0.0173. The van der Waals surface area contributed by atoms with Crippen LogP contribution in [0.25, 0.3) is 0 Å². The Balaban J connectivity index is 1.87. The number of sulfonamides is 1. The molecule has 1 N–H and O–H groups in total. The lowest BCUT2D eigenvalue weighted by Gasteiger charge is -2.28. The molecule has 0 bridgehead atoms. The van der Waals surface area contributed by atoms with Crippen molar-refractivity contribution in [1.29, 1.82) is 0 Å². The monoisotopic (exact) mass is 404 g/mol. The number of hydrogen-bond acceptors (Lipinski definition) is 5. The van der Waals surface area contributed by atoms with E-state index >= 15 is 0 Å². The fraction of sp³-hybridized carbons (Fsp3) is 0.350. The van der Waals surface area contributed by atoms with Crippen LogP contribution in [0.4, 0.5) is 11.4 Å². The van der Waals surface area contributed by atoms with Crippen LogP contribution in [0.5, 0.6) is 11.5 Å². The lowest BCUT2D eigenvalue weighted by Crippen LogP contribution is -2.35. The summed E-state index contributed by atoms with van der Waals surface area (Å²) < 4.78 is 38.6. The molecule has 0 aromatic heterocycles. The van der Waals surface area contributed by atoms with Crippen molar-refractivity contribution in [3.05, 3.63) is 42.0 Å². The highest BCUT2D eigenvalue weighted by molar-refractivity contribution is 7.92. The molecule has 2 aromatic rings. The van der Waals surface area contributed by atoms with Crippen LogP contribution in [-0.2, 0) is 14.8 Å². The SMILES string of the molecule is COc1ccc(S(=O)(=O)Nc2ccc(N3CCCCC3=O)c(C)c2)c(OC)c1. The number of methoxy groups -OCH3 is 2. The number of nitrogens with one attached hydrogen (secondary N) is 1. The first kappa shape index (κ1) is 20.0. The lowest BCUT2D eigenvalue weighted by molar-refractivity contribution is -0.119. The van der Waals surface area contributed by atoms with E-state index < -0.39 is 10.0 Å². The van der Waals surface area contributed by atoms with Crippen LogP contribution >= 0.6 is 0 Å². The number of nitrogens with zero attached hydrogens (tertiary/aromatic N) is 1. The Bertz CT molecular complexity index is 988. The summed E-state index contributed by atoms with van der Waals surface area (Å²) in [5.41, 5.74) is 2.07. The molecule has 0 spiro atoms. The van der Waals surface area contributed by atoms with Gasteiger partial charge >= 0.3 is 0 Å². The molecule has 3 rings (SSSR count). The number of aryl methyl sites for hydroxylation is 1. The van der Waals surface area contributed by atoms with Crippen molar-refractivity contribution in [3.63, 3.8) is 0 Å². The molecule has 28 heavy (non-hydrogen) atoms. The summed E-state index contributed by atoms with van der Waals surface area (Å²) in [6.45, 7) is 2.55. The third-order valence-corrected chi connectivity index (χ3v) is 6.14. The van der Waals surface area contributed by atoms with Crippen LogP contribution in [0, 0.1) is 6.92 Å². The number of piperidine rings is 1. The highest BCUT2D eigenvalue weighted by Crippen LogP contribution is 2.31. The molecule has 7 nitrogen and oxygen atoms in total. The minimum atomic E-state index is -3.86. The molecule has 8 heteroatoms. The summed E-state index contributed by atoms with van der Waals surface area (Å²) >= 11 is 0. The average molecular weight is 404 g/mol. The van der Waals surface area contributed by atoms with Crippen LogP contribution in [0.3, 0.4) is 0 Å². The number of anilines is 2. The third kappa shape index (κ3) is 4.06. The van der Waals surface area contributed by atoms with Crippen molar-refractivity contribution in [2.45, 2.75) is 31.1 Å². The summed E-state index contributed by atoms with van der Waals surface area (Å²) in [5, 5.41) is 0. The molecule has 0 saturated carbocycles. The maximum atomic E-state index is 12.8. The van der Waals surface area contributed by atoms with Gasteiger partial charge in [0.05, 0.1) is 14.2 Å². The van der Waals surface area contributed by atoms with Crippen LogP contribution in [0.15, 0.2) is 41.3 Å². The van der Waals surface area contributed by atoms with Crippen molar-refractivity contribution in [3.8, 4) is 11.5 Å². The minimum Gasteiger partial charge on any atom is -0.497 e. The second kappa shape index (κ2) is 8.10. The molecule has 0 unspecified atom stereocenters. The van der Waals surface area contributed by atoms with Crippen molar-refractivity contribution >= 4 is 27.3 Å². The first-order chi connectivity index (χ1) is 13.4. The smallest absolute Gasteiger partial charge is 0.265 e. The fourth-order valence-electron chi connectivity index (χ4n) is 3.29. The second-order valence-electron chi connectivity index (χ2n) is 6.63. The quantitative estimate of drug-likeness (QED) is 0.798. The van der Waals surface area contributed by atoms with E-state index in [1.165, 1.54) is 26.4 Å². The molecule has 0 radical (unpaired) electrons.